The van der Waals surface area contributed by atoms with Crippen LogP contribution in [0.25, 0.3) is 0 Å². The standard InChI is InChI=1S/C15H17NO2/c1-10(17)18-13-6-2-4-11-7-8-12-5-3-9-16-15(12)14(11)13/h2-5,13,16H,6-9H2,1H3. The molecule has 3 nitrogen and oxygen atoms in total. The summed E-state index contributed by atoms with van der Waals surface area (Å²) in [5.74, 6) is -0.207. The first kappa shape index (κ1) is 11.3. The summed E-state index contributed by atoms with van der Waals surface area (Å²) in [7, 11) is 0. The Hall–Kier alpha value is -1.77. The van der Waals surface area contributed by atoms with Crippen molar-refractivity contribution < 1.29 is 9.53 Å². The summed E-state index contributed by atoms with van der Waals surface area (Å²) in [6.07, 6.45) is 11.4. The van der Waals surface area contributed by atoms with Crippen LogP contribution in [0, 0.1) is 0 Å². The lowest BCUT2D eigenvalue weighted by molar-refractivity contribution is -0.144. The van der Waals surface area contributed by atoms with Crippen LogP contribution < -0.4 is 5.32 Å². The van der Waals surface area contributed by atoms with Crippen LogP contribution in [0.5, 0.6) is 0 Å². The van der Waals surface area contributed by atoms with Crippen LogP contribution in [-0.2, 0) is 9.53 Å². The van der Waals surface area contributed by atoms with Gasteiger partial charge < -0.3 is 10.1 Å². The third-order valence-corrected chi connectivity index (χ3v) is 3.62. The molecule has 0 spiro atoms. The van der Waals surface area contributed by atoms with Crippen molar-refractivity contribution in [2.24, 2.45) is 0 Å². The minimum atomic E-state index is -0.207. The van der Waals surface area contributed by atoms with Crippen LogP contribution in [0.3, 0.4) is 0 Å². The summed E-state index contributed by atoms with van der Waals surface area (Å²) in [6, 6.07) is 0. The quantitative estimate of drug-likeness (QED) is 0.719. The molecule has 0 fully saturated rings. The zero-order chi connectivity index (χ0) is 12.5. The molecule has 0 bridgehead atoms. The summed E-state index contributed by atoms with van der Waals surface area (Å²) >= 11 is 0. The molecule has 1 aliphatic heterocycles. The number of carbonyl (C=O) groups is 1. The summed E-state index contributed by atoms with van der Waals surface area (Å²) in [5, 5.41) is 3.43. The predicted molar refractivity (Wildman–Crippen MR) is 69.7 cm³/mol. The van der Waals surface area contributed by atoms with Crippen molar-refractivity contribution in [1.29, 1.82) is 0 Å². The summed E-state index contributed by atoms with van der Waals surface area (Å²) in [6.45, 7) is 2.33. The SMILES string of the molecule is CC(=O)OC1CC=CC2=C1C1=C(C=CCN1)CC2. The second kappa shape index (κ2) is 4.48. The lowest BCUT2D eigenvalue weighted by atomic mass is 9.81. The summed E-state index contributed by atoms with van der Waals surface area (Å²) in [4.78, 5) is 11.2. The Morgan fingerprint density at radius 2 is 2.06 bits per heavy atom. The lowest BCUT2D eigenvalue weighted by Crippen LogP contribution is -2.31. The van der Waals surface area contributed by atoms with Gasteiger partial charge in [-0.05, 0) is 24.0 Å². The van der Waals surface area contributed by atoms with Crippen molar-refractivity contribution in [3.05, 3.63) is 46.7 Å². The molecule has 0 aromatic carbocycles. The summed E-state index contributed by atoms with van der Waals surface area (Å²) < 4.78 is 5.46. The molecule has 1 heterocycles. The number of nitrogens with one attached hydrogen (secondary N) is 1. The number of hydrogen-bond acceptors (Lipinski definition) is 3. The number of ether oxygens (including phenoxy) is 1. The maximum Gasteiger partial charge on any atom is 0.303 e. The second-order valence-electron chi connectivity index (χ2n) is 4.86. The van der Waals surface area contributed by atoms with E-state index in [1.165, 1.54) is 29.3 Å². The second-order valence-corrected chi connectivity index (χ2v) is 4.86. The van der Waals surface area contributed by atoms with Gasteiger partial charge in [0.25, 0.3) is 0 Å². The Labute approximate surface area is 107 Å². The molecular weight excluding hydrogens is 226 g/mol. The van der Waals surface area contributed by atoms with Crippen LogP contribution in [-0.4, -0.2) is 18.6 Å². The molecule has 94 valence electrons. The lowest BCUT2D eigenvalue weighted by Gasteiger charge is -2.33. The fourth-order valence-corrected chi connectivity index (χ4v) is 2.90. The molecule has 0 amide bonds. The first-order valence-corrected chi connectivity index (χ1v) is 6.46. The van der Waals surface area contributed by atoms with Gasteiger partial charge in [0.15, 0.2) is 0 Å². The predicted octanol–water partition coefficient (Wildman–Crippen LogP) is 2.38. The zero-order valence-electron chi connectivity index (χ0n) is 10.5. The third kappa shape index (κ3) is 1.90. The molecule has 0 aromatic heterocycles. The first-order chi connectivity index (χ1) is 8.75. The highest BCUT2D eigenvalue weighted by atomic mass is 16.5. The van der Waals surface area contributed by atoms with E-state index >= 15 is 0 Å². The molecule has 1 N–H and O–H groups in total. The highest BCUT2D eigenvalue weighted by Gasteiger charge is 2.30. The number of carbonyl (C=O) groups excluding carboxylic acids is 1. The number of allylic oxidation sites excluding steroid dienone is 4. The fourth-order valence-electron chi connectivity index (χ4n) is 2.90. The van der Waals surface area contributed by atoms with Crippen molar-refractivity contribution >= 4 is 5.97 Å². The van der Waals surface area contributed by atoms with E-state index in [-0.39, 0.29) is 12.1 Å². The molecule has 3 rings (SSSR count). The van der Waals surface area contributed by atoms with Gasteiger partial charge in [-0.1, -0.05) is 24.3 Å². The Morgan fingerprint density at radius 3 is 2.89 bits per heavy atom. The highest BCUT2D eigenvalue weighted by molar-refractivity contribution is 5.67. The van der Waals surface area contributed by atoms with Gasteiger partial charge in [-0.3, -0.25) is 4.79 Å². The largest absolute Gasteiger partial charge is 0.457 e. The average molecular weight is 243 g/mol. The van der Waals surface area contributed by atoms with E-state index in [0.29, 0.717) is 0 Å². The van der Waals surface area contributed by atoms with Gasteiger partial charge in [0.1, 0.15) is 6.10 Å². The van der Waals surface area contributed by atoms with Crippen LogP contribution in [0.2, 0.25) is 0 Å². The molecule has 18 heavy (non-hydrogen) atoms. The number of hydrogen-bond donors (Lipinski definition) is 1. The van der Waals surface area contributed by atoms with Gasteiger partial charge in [0, 0.05) is 31.2 Å². The van der Waals surface area contributed by atoms with Gasteiger partial charge in [0.05, 0.1) is 0 Å². The van der Waals surface area contributed by atoms with E-state index in [1.54, 1.807) is 0 Å². The first-order valence-electron chi connectivity index (χ1n) is 6.46. The number of rotatable bonds is 1. The molecule has 1 atom stereocenters. The Bertz CT molecular complexity index is 509. The van der Waals surface area contributed by atoms with Crippen molar-refractivity contribution in [2.75, 3.05) is 6.54 Å². The van der Waals surface area contributed by atoms with E-state index in [4.69, 9.17) is 4.74 Å². The maximum atomic E-state index is 11.2. The highest BCUT2D eigenvalue weighted by Crippen LogP contribution is 2.37. The van der Waals surface area contributed by atoms with Crippen molar-refractivity contribution in [3.63, 3.8) is 0 Å². The van der Waals surface area contributed by atoms with Gasteiger partial charge in [-0.25, -0.2) is 0 Å². The fraction of sp³-hybridized carbons (Fsp3) is 0.400. The molecule has 0 radical (unpaired) electrons. The minimum absolute atomic E-state index is 0.119. The van der Waals surface area contributed by atoms with Crippen LogP contribution in [0.1, 0.15) is 26.2 Å². The molecule has 1 unspecified atom stereocenters. The third-order valence-electron chi connectivity index (χ3n) is 3.62. The minimum Gasteiger partial charge on any atom is -0.457 e. The van der Waals surface area contributed by atoms with Crippen LogP contribution in [0.15, 0.2) is 46.7 Å². The number of fused-ring (bicyclic) bond motifs is 1. The van der Waals surface area contributed by atoms with Crippen LogP contribution in [0.4, 0.5) is 0 Å². The number of dihydropyridines is 1. The average Bonchev–Trinajstić information content (AvgIpc) is 2.38. The normalized spacial score (nSPS) is 25.5. The molecule has 3 heteroatoms. The van der Waals surface area contributed by atoms with E-state index in [9.17, 15) is 4.79 Å². The molecule has 2 aliphatic carbocycles. The smallest absolute Gasteiger partial charge is 0.303 e. The zero-order valence-corrected chi connectivity index (χ0v) is 10.5. The number of esters is 1. The molecule has 0 saturated heterocycles. The van der Waals surface area contributed by atoms with Gasteiger partial charge >= 0.3 is 5.97 Å². The Kier molecular flexibility index (Phi) is 2.82. The van der Waals surface area contributed by atoms with Gasteiger partial charge in [0.2, 0.25) is 0 Å². The van der Waals surface area contributed by atoms with Crippen molar-refractivity contribution in [1.82, 2.24) is 5.32 Å². The molecule has 0 saturated carbocycles. The monoisotopic (exact) mass is 243 g/mol. The van der Waals surface area contributed by atoms with E-state index in [0.717, 1.165) is 25.8 Å². The molecule has 3 aliphatic rings. The van der Waals surface area contributed by atoms with Crippen molar-refractivity contribution in [2.45, 2.75) is 32.3 Å². The van der Waals surface area contributed by atoms with E-state index < -0.39 is 0 Å². The maximum absolute atomic E-state index is 11.2. The van der Waals surface area contributed by atoms with E-state index in [1.807, 2.05) is 0 Å². The Balaban J connectivity index is 2.00. The van der Waals surface area contributed by atoms with Crippen molar-refractivity contribution in [3.8, 4) is 0 Å². The molecule has 0 aromatic rings. The van der Waals surface area contributed by atoms with Crippen LogP contribution >= 0.6 is 0 Å². The molecular formula is C15H17NO2. The Morgan fingerprint density at radius 1 is 1.28 bits per heavy atom. The van der Waals surface area contributed by atoms with Gasteiger partial charge in [-0.2, -0.15) is 0 Å². The topological polar surface area (TPSA) is 38.3 Å². The van der Waals surface area contributed by atoms with Gasteiger partial charge in [-0.15, -0.1) is 0 Å². The van der Waals surface area contributed by atoms with E-state index in [2.05, 4.69) is 29.6 Å². The summed E-state index contributed by atoms with van der Waals surface area (Å²) in [5.41, 5.74) is 5.04.